The highest BCUT2D eigenvalue weighted by atomic mass is 16.6. The van der Waals surface area contributed by atoms with E-state index < -0.39 is 5.60 Å². The Morgan fingerprint density at radius 1 is 1.14 bits per heavy atom. The van der Waals surface area contributed by atoms with Crippen molar-refractivity contribution in [2.24, 2.45) is 0 Å². The minimum absolute atomic E-state index is 0.0236. The van der Waals surface area contributed by atoms with E-state index in [0.717, 1.165) is 54.2 Å². The molecule has 4 rings (SSSR count). The largest absolute Gasteiger partial charge is 0.444 e. The lowest BCUT2D eigenvalue weighted by Gasteiger charge is -2.33. The maximum absolute atomic E-state index is 12.1. The Bertz CT molecular complexity index is 890. The Balaban J connectivity index is 1.54. The predicted molar refractivity (Wildman–Crippen MR) is 111 cm³/mol. The second-order valence-corrected chi connectivity index (χ2v) is 8.57. The van der Waals surface area contributed by atoms with Crippen LogP contribution in [0.2, 0.25) is 0 Å². The number of hydrogen-bond donors (Lipinski definition) is 2. The second-order valence-electron chi connectivity index (χ2n) is 8.57. The Morgan fingerprint density at radius 3 is 2.50 bits per heavy atom. The molecule has 28 heavy (non-hydrogen) atoms. The first kappa shape index (κ1) is 18.6. The van der Waals surface area contributed by atoms with Gasteiger partial charge < -0.3 is 25.6 Å². The molecular formula is C20H28N6O2. The SMILES string of the molecule is CC(C)(C)OC(=O)N[C@@H]1CCN(c2nnc(N3CCC3)c3cc(N)ccc23)C1. The number of nitrogens with zero attached hydrogens (tertiary/aromatic N) is 4. The molecule has 150 valence electrons. The van der Waals surface area contributed by atoms with E-state index in [1.54, 1.807) is 0 Å². The van der Waals surface area contributed by atoms with E-state index in [1.165, 1.54) is 6.42 Å². The minimum atomic E-state index is -0.503. The zero-order valence-corrected chi connectivity index (χ0v) is 16.7. The lowest BCUT2D eigenvalue weighted by Crippen LogP contribution is -2.40. The summed E-state index contributed by atoms with van der Waals surface area (Å²) in [5, 5.41) is 14.1. The van der Waals surface area contributed by atoms with Crippen molar-refractivity contribution in [1.82, 2.24) is 15.5 Å². The molecule has 1 atom stereocenters. The summed E-state index contributed by atoms with van der Waals surface area (Å²) in [6.45, 7) is 9.07. The van der Waals surface area contributed by atoms with Crippen LogP contribution in [-0.2, 0) is 4.74 Å². The van der Waals surface area contributed by atoms with Crippen LogP contribution in [0.3, 0.4) is 0 Å². The number of benzene rings is 1. The van der Waals surface area contributed by atoms with Gasteiger partial charge in [-0.1, -0.05) is 0 Å². The number of anilines is 3. The Hall–Kier alpha value is -2.77. The number of fused-ring (bicyclic) bond motifs is 1. The van der Waals surface area contributed by atoms with Crippen LogP contribution in [0.15, 0.2) is 18.2 Å². The van der Waals surface area contributed by atoms with Gasteiger partial charge in [-0.15, -0.1) is 10.2 Å². The third-order valence-corrected chi connectivity index (χ3v) is 5.13. The number of nitrogen functional groups attached to an aromatic ring is 1. The molecule has 3 heterocycles. The second kappa shape index (κ2) is 7.00. The van der Waals surface area contributed by atoms with Crippen molar-refractivity contribution < 1.29 is 9.53 Å². The summed E-state index contributed by atoms with van der Waals surface area (Å²) in [6, 6.07) is 5.93. The van der Waals surface area contributed by atoms with Crippen LogP contribution < -0.4 is 20.9 Å². The van der Waals surface area contributed by atoms with E-state index in [9.17, 15) is 4.79 Å². The number of alkyl carbamates (subject to hydrolysis) is 1. The van der Waals surface area contributed by atoms with Crippen molar-refractivity contribution in [2.75, 3.05) is 41.7 Å². The number of nitrogens with two attached hydrogens (primary N) is 1. The topological polar surface area (TPSA) is 96.6 Å². The number of carbonyl (C=O) groups is 1. The number of aromatic nitrogens is 2. The standard InChI is InChI=1S/C20H28N6O2/c1-20(2,3)28-19(27)22-14-7-10-26(12-14)17-15-6-5-13(21)11-16(15)18(24-23-17)25-8-4-9-25/h5-6,11,14H,4,7-10,12,21H2,1-3H3,(H,22,27)/t14-/m1/s1. The zero-order valence-electron chi connectivity index (χ0n) is 16.7. The first-order valence-corrected chi connectivity index (χ1v) is 9.85. The summed E-state index contributed by atoms with van der Waals surface area (Å²) in [7, 11) is 0. The lowest BCUT2D eigenvalue weighted by atomic mass is 10.1. The van der Waals surface area contributed by atoms with E-state index in [1.807, 2.05) is 39.0 Å². The molecule has 0 spiro atoms. The highest BCUT2D eigenvalue weighted by Gasteiger charge is 2.29. The number of nitrogens with one attached hydrogen (secondary N) is 1. The van der Waals surface area contributed by atoms with Crippen LogP contribution in [0.1, 0.15) is 33.6 Å². The van der Waals surface area contributed by atoms with Crippen LogP contribution >= 0.6 is 0 Å². The van der Waals surface area contributed by atoms with Gasteiger partial charge in [-0.3, -0.25) is 0 Å². The van der Waals surface area contributed by atoms with E-state index >= 15 is 0 Å². The van der Waals surface area contributed by atoms with Gasteiger partial charge in [0.05, 0.1) is 6.04 Å². The van der Waals surface area contributed by atoms with Crippen LogP contribution in [0.4, 0.5) is 22.1 Å². The molecule has 1 aromatic heterocycles. The molecule has 8 heteroatoms. The molecule has 0 aliphatic carbocycles. The van der Waals surface area contributed by atoms with Crippen LogP contribution in [0, 0.1) is 0 Å². The number of amides is 1. The van der Waals surface area contributed by atoms with Crippen molar-refractivity contribution in [2.45, 2.75) is 45.3 Å². The fourth-order valence-corrected chi connectivity index (χ4v) is 3.68. The van der Waals surface area contributed by atoms with E-state index in [-0.39, 0.29) is 12.1 Å². The highest BCUT2D eigenvalue weighted by molar-refractivity contribution is 6.00. The Morgan fingerprint density at radius 2 is 1.86 bits per heavy atom. The number of carbonyl (C=O) groups excluding carboxylic acids is 1. The first-order chi connectivity index (χ1) is 13.3. The molecule has 8 nitrogen and oxygen atoms in total. The molecule has 3 N–H and O–H groups in total. The summed E-state index contributed by atoms with van der Waals surface area (Å²) >= 11 is 0. The normalized spacial score (nSPS) is 19.6. The molecule has 0 unspecified atom stereocenters. The predicted octanol–water partition coefficient (Wildman–Crippen LogP) is 2.53. The summed E-state index contributed by atoms with van der Waals surface area (Å²) in [5.41, 5.74) is 6.26. The van der Waals surface area contributed by atoms with Gasteiger partial charge in [0, 0.05) is 42.6 Å². The van der Waals surface area contributed by atoms with Gasteiger partial charge in [-0.2, -0.15) is 0 Å². The lowest BCUT2D eigenvalue weighted by molar-refractivity contribution is 0.0509. The molecular weight excluding hydrogens is 356 g/mol. The van der Waals surface area contributed by atoms with Crippen molar-refractivity contribution in [3.63, 3.8) is 0 Å². The molecule has 0 bridgehead atoms. The maximum atomic E-state index is 12.1. The van der Waals surface area contributed by atoms with Gasteiger partial charge in [-0.05, 0) is 51.8 Å². The zero-order chi connectivity index (χ0) is 19.9. The number of hydrogen-bond acceptors (Lipinski definition) is 7. The monoisotopic (exact) mass is 384 g/mol. The molecule has 2 fully saturated rings. The fourth-order valence-electron chi connectivity index (χ4n) is 3.68. The molecule has 2 aliphatic heterocycles. The average Bonchev–Trinajstić information content (AvgIpc) is 2.99. The fraction of sp³-hybridized carbons (Fsp3) is 0.550. The summed E-state index contributed by atoms with van der Waals surface area (Å²) < 4.78 is 5.37. The first-order valence-electron chi connectivity index (χ1n) is 9.85. The number of ether oxygens (including phenoxy) is 1. The quantitative estimate of drug-likeness (QED) is 0.785. The number of rotatable bonds is 3. The third-order valence-electron chi connectivity index (χ3n) is 5.13. The highest BCUT2D eigenvalue weighted by Crippen LogP contribution is 2.34. The molecule has 2 aromatic rings. The Kier molecular flexibility index (Phi) is 4.64. The molecule has 2 aliphatic rings. The van der Waals surface area contributed by atoms with Gasteiger partial charge in [0.2, 0.25) is 0 Å². The van der Waals surface area contributed by atoms with Crippen molar-refractivity contribution in [3.8, 4) is 0 Å². The van der Waals surface area contributed by atoms with Crippen molar-refractivity contribution in [1.29, 1.82) is 0 Å². The van der Waals surface area contributed by atoms with E-state index in [2.05, 4.69) is 25.3 Å². The molecule has 1 aromatic carbocycles. The van der Waals surface area contributed by atoms with Crippen molar-refractivity contribution >= 4 is 34.2 Å². The molecule has 2 saturated heterocycles. The van der Waals surface area contributed by atoms with E-state index in [4.69, 9.17) is 10.5 Å². The molecule has 0 saturated carbocycles. The maximum Gasteiger partial charge on any atom is 0.407 e. The van der Waals surface area contributed by atoms with Crippen LogP contribution in [0.25, 0.3) is 10.8 Å². The van der Waals surface area contributed by atoms with E-state index in [0.29, 0.717) is 6.54 Å². The summed E-state index contributed by atoms with van der Waals surface area (Å²) in [6.07, 6.45) is 1.64. The van der Waals surface area contributed by atoms with Gasteiger partial charge in [-0.25, -0.2) is 4.79 Å². The molecule has 1 amide bonds. The molecule has 0 radical (unpaired) electrons. The smallest absolute Gasteiger partial charge is 0.407 e. The Labute approximate surface area is 165 Å². The van der Waals surface area contributed by atoms with Crippen LogP contribution in [-0.4, -0.2) is 54.1 Å². The summed E-state index contributed by atoms with van der Waals surface area (Å²) in [4.78, 5) is 16.5. The summed E-state index contributed by atoms with van der Waals surface area (Å²) in [5.74, 6) is 1.74. The van der Waals surface area contributed by atoms with Gasteiger partial charge in [0.1, 0.15) is 5.60 Å². The van der Waals surface area contributed by atoms with Gasteiger partial charge >= 0.3 is 6.09 Å². The third kappa shape index (κ3) is 3.76. The van der Waals surface area contributed by atoms with Crippen molar-refractivity contribution in [3.05, 3.63) is 18.2 Å². The van der Waals surface area contributed by atoms with Crippen LogP contribution in [0.5, 0.6) is 0 Å². The average molecular weight is 384 g/mol. The van der Waals surface area contributed by atoms with Gasteiger partial charge in [0.25, 0.3) is 0 Å². The van der Waals surface area contributed by atoms with Gasteiger partial charge in [0.15, 0.2) is 11.6 Å². The minimum Gasteiger partial charge on any atom is -0.444 e.